The predicted octanol–water partition coefficient (Wildman–Crippen LogP) is 1.82. The van der Waals surface area contributed by atoms with Crippen molar-refractivity contribution in [2.75, 3.05) is 0 Å². The molecule has 1 aromatic rings. The summed E-state index contributed by atoms with van der Waals surface area (Å²) in [6.45, 7) is 0. The van der Waals surface area contributed by atoms with Crippen LogP contribution in [0.25, 0.3) is 0 Å². The van der Waals surface area contributed by atoms with Gasteiger partial charge in [-0.15, -0.1) is 0 Å². The molecule has 1 rings (SSSR count). The van der Waals surface area contributed by atoms with Crippen LogP contribution in [0.2, 0.25) is 10.0 Å². The molecule has 0 bridgehead atoms. The summed E-state index contributed by atoms with van der Waals surface area (Å²) in [5.74, 6) is -0.865. The first kappa shape index (κ1) is 7.57. The number of aromatic nitrogens is 1. The highest BCUT2D eigenvalue weighted by Gasteiger charge is 2.06. The standard InChI is InChI=1S/C5H2Cl2FNO/c6-2-1-9-5(8)3(7)4(2)10/h1H,(H,9,10). The summed E-state index contributed by atoms with van der Waals surface area (Å²) in [6, 6.07) is 0. The Bertz CT molecular complexity index is 309. The van der Waals surface area contributed by atoms with Crippen molar-refractivity contribution in [3.8, 4) is 0 Å². The van der Waals surface area contributed by atoms with Crippen molar-refractivity contribution >= 4 is 23.2 Å². The molecule has 0 fully saturated rings. The lowest BCUT2D eigenvalue weighted by atomic mass is 10.5. The van der Waals surface area contributed by atoms with Gasteiger partial charge in [-0.3, -0.25) is 4.79 Å². The molecule has 0 saturated heterocycles. The smallest absolute Gasteiger partial charge is 0.221 e. The Morgan fingerprint density at radius 3 is 2.60 bits per heavy atom. The van der Waals surface area contributed by atoms with Gasteiger partial charge in [-0.05, 0) is 0 Å². The predicted molar refractivity (Wildman–Crippen MR) is 37.0 cm³/mol. The fourth-order valence-corrected chi connectivity index (χ4v) is 0.814. The van der Waals surface area contributed by atoms with Crippen LogP contribution in [0.3, 0.4) is 0 Å². The maximum Gasteiger partial charge on any atom is 0.221 e. The molecule has 0 aliphatic carbocycles. The van der Waals surface area contributed by atoms with Crippen LogP contribution in [0.1, 0.15) is 0 Å². The largest absolute Gasteiger partial charge is 0.336 e. The van der Waals surface area contributed by atoms with E-state index in [1.807, 2.05) is 0 Å². The fourth-order valence-electron chi connectivity index (χ4n) is 0.460. The summed E-state index contributed by atoms with van der Waals surface area (Å²) in [4.78, 5) is 12.7. The first-order valence-corrected chi connectivity index (χ1v) is 3.10. The number of rotatable bonds is 0. The lowest BCUT2D eigenvalue weighted by molar-refractivity contribution is 0.583. The zero-order valence-corrected chi connectivity index (χ0v) is 6.13. The van der Waals surface area contributed by atoms with Crippen molar-refractivity contribution in [1.29, 1.82) is 0 Å². The molecule has 0 amide bonds. The van der Waals surface area contributed by atoms with Crippen LogP contribution >= 0.6 is 23.2 Å². The first-order valence-electron chi connectivity index (χ1n) is 2.35. The topological polar surface area (TPSA) is 32.9 Å². The van der Waals surface area contributed by atoms with E-state index in [1.165, 1.54) is 0 Å². The summed E-state index contributed by atoms with van der Waals surface area (Å²) in [6.07, 6.45) is 1.05. The number of H-pyrrole nitrogens is 1. The quantitative estimate of drug-likeness (QED) is 0.609. The number of hydrogen-bond donors (Lipinski definition) is 1. The Balaban J connectivity index is 3.50. The van der Waals surface area contributed by atoms with E-state index < -0.39 is 16.4 Å². The van der Waals surface area contributed by atoms with Crippen LogP contribution in [0.5, 0.6) is 0 Å². The fraction of sp³-hybridized carbons (Fsp3) is 0. The molecule has 0 spiro atoms. The van der Waals surface area contributed by atoms with Gasteiger partial charge in [0.25, 0.3) is 0 Å². The van der Waals surface area contributed by atoms with Crippen molar-refractivity contribution in [2.45, 2.75) is 0 Å². The van der Waals surface area contributed by atoms with Gasteiger partial charge < -0.3 is 4.98 Å². The molecule has 10 heavy (non-hydrogen) atoms. The minimum absolute atomic E-state index is 0.119. The molecule has 5 heteroatoms. The molecule has 0 radical (unpaired) electrons. The Labute approximate surface area is 65.6 Å². The second-order valence-electron chi connectivity index (χ2n) is 1.59. The third-order valence-corrected chi connectivity index (χ3v) is 1.55. The number of pyridine rings is 1. The summed E-state index contributed by atoms with van der Waals surface area (Å²) < 4.78 is 12.3. The van der Waals surface area contributed by atoms with Gasteiger partial charge in [-0.1, -0.05) is 23.2 Å². The maximum atomic E-state index is 12.3. The number of hydrogen-bond acceptors (Lipinski definition) is 1. The second kappa shape index (κ2) is 2.60. The highest BCUT2D eigenvalue weighted by Crippen LogP contribution is 2.08. The number of aromatic amines is 1. The van der Waals surface area contributed by atoms with Gasteiger partial charge in [0.1, 0.15) is 10.0 Å². The molecule has 1 heterocycles. The third-order valence-electron chi connectivity index (χ3n) is 0.935. The average Bonchev–Trinajstić information content (AvgIpc) is 1.93. The van der Waals surface area contributed by atoms with E-state index in [-0.39, 0.29) is 5.02 Å². The normalized spacial score (nSPS) is 9.90. The van der Waals surface area contributed by atoms with Crippen LogP contribution in [0, 0.1) is 5.95 Å². The van der Waals surface area contributed by atoms with Crippen LogP contribution in [-0.4, -0.2) is 4.98 Å². The minimum atomic E-state index is -0.865. The zero-order chi connectivity index (χ0) is 7.72. The van der Waals surface area contributed by atoms with Gasteiger partial charge in [-0.2, -0.15) is 4.39 Å². The van der Waals surface area contributed by atoms with E-state index in [4.69, 9.17) is 23.2 Å². The highest BCUT2D eigenvalue weighted by molar-refractivity contribution is 6.34. The molecular weight excluding hydrogens is 180 g/mol. The summed E-state index contributed by atoms with van der Waals surface area (Å²) in [5.41, 5.74) is -0.695. The van der Waals surface area contributed by atoms with Gasteiger partial charge >= 0.3 is 0 Å². The Morgan fingerprint density at radius 2 is 2.10 bits per heavy atom. The molecular formula is C5H2Cl2FNO. The zero-order valence-electron chi connectivity index (χ0n) is 4.62. The maximum absolute atomic E-state index is 12.3. The van der Waals surface area contributed by atoms with Crippen molar-refractivity contribution in [2.24, 2.45) is 0 Å². The van der Waals surface area contributed by atoms with Gasteiger partial charge in [-0.25, -0.2) is 0 Å². The van der Waals surface area contributed by atoms with Gasteiger partial charge in [0, 0.05) is 6.20 Å². The van der Waals surface area contributed by atoms with Gasteiger partial charge in [0.05, 0.1) is 0 Å². The van der Waals surface area contributed by atoms with E-state index in [0.29, 0.717) is 0 Å². The Morgan fingerprint density at radius 1 is 1.50 bits per heavy atom. The summed E-state index contributed by atoms with van der Waals surface area (Å²) in [7, 11) is 0. The minimum Gasteiger partial charge on any atom is -0.336 e. The second-order valence-corrected chi connectivity index (χ2v) is 2.38. The van der Waals surface area contributed by atoms with Crippen LogP contribution in [0.4, 0.5) is 4.39 Å². The van der Waals surface area contributed by atoms with Crippen molar-refractivity contribution in [1.82, 2.24) is 4.98 Å². The molecule has 0 saturated carbocycles. The molecule has 0 aromatic carbocycles. The van der Waals surface area contributed by atoms with E-state index >= 15 is 0 Å². The number of halogens is 3. The lowest BCUT2D eigenvalue weighted by Crippen LogP contribution is -2.05. The molecule has 54 valence electrons. The van der Waals surface area contributed by atoms with Gasteiger partial charge in [0.15, 0.2) is 0 Å². The van der Waals surface area contributed by atoms with E-state index in [2.05, 4.69) is 4.98 Å². The summed E-state index contributed by atoms with van der Waals surface area (Å²) >= 11 is 10.5. The summed E-state index contributed by atoms with van der Waals surface area (Å²) in [5, 5.41) is -0.626. The molecule has 0 aliphatic heterocycles. The molecule has 0 unspecified atom stereocenters. The van der Waals surface area contributed by atoms with Crippen LogP contribution in [-0.2, 0) is 0 Å². The van der Waals surface area contributed by atoms with E-state index in [1.54, 1.807) is 0 Å². The van der Waals surface area contributed by atoms with Crippen molar-refractivity contribution in [3.05, 3.63) is 32.4 Å². The van der Waals surface area contributed by atoms with Gasteiger partial charge in [0.2, 0.25) is 11.4 Å². The highest BCUT2D eigenvalue weighted by atomic mass is 35.5. The molecule has 1 aromatic heterocycles. The lowest BCUT2D eigenvalue weighted by Gasteiger charge is -1.91. The monoisotopic (exact) mass is 181 g/mol. The molecule has 0 atom stereocenters. The molecule has 0 aliphatic rings. The van der Waals surface area contributed by atoms with Crippen molar-refractivity contribution < 1.29 is 4.39 Å². The average molecular weight is 182 g/mol. The Hall–Kier alpha value is -0.540. The number of nitrogens with one attached hydrogen (secondary N) is 1. The van der Waals surface area contributed by atoms with Crippen LogP contribution < -0.4 is 5.43 Å². The Kier molecular flexibility index (Phi) is 1.97. The third kappa shape index (κ3) is 1.15. The van der Waals surface area contributed by atoms with Crippen molar-refractivity contribution in [3.63, 3.8) is 0 Å². The van der Waals surface area contributed by atoms with E-state index in [9.17, 15) is 9.18 Å². The van der Waals surface area contributed by atoms with E-state index in [0.717, 1.165) is 6.20 Å². The first-order chi connectivity index (χ1) is 4.63. The van der Waals surface area contributed by atoms with Crippen LogP contribution in [0.15, 0.2) is 11.0 Å². The molecule has 1 N–H and O–H groups in total. The molecule has 2 nitrogen and oxygen atoms in total. The SMILES string of the molecule is O=c1c(Cl)c[nH]c(F)c1Cl.